The highest BCUT2D eigenvalue weighted by molar-refractivity contribution is 14.0. The van der Waals surface area contributed by atoms with E-state index in [1.807, 2.05) is 18.2 Å². The third kappa shape index (κ3) is 8.01. The summed E-state index contributed by atoms with van der Waals surface area (Å²) in [5, 5.41) is 4.05. The molecule has 1 N–H and O–H groups in total. The maximum atomic E-state index is 6.03. The summed E-state index contributed by atoms with van der Waals surface area (Å²) in [6, 6.07) is 5.65. The van der Waals surface area contributed by atoms with Gasteiger partial charge in [0, 0.05) is 43.2 Å². The molecule has 154 valence electrons. The number of methoxy groups -OCH3 is 2. The Labute approximate surface area is 184 Å². The van der Waals surface area contributed by atoms with Gasteiger partial charge in [-0.3, -0.25) is 0 Å². The highest BCUT2D eigenvalue weighted by atomic mass is 127. The SMILES string of the molecule is CCNC(=NCc1ccc(Cl)cc1OC)N1CCC(COCCOC)C1.I. The van der Waals surface area contributed by atoms with Crippen molar-refractivity contribution in [2.75, 3.05) is 53.7 Å². The van der Waals surface area contributed by atoms with Gasteiger partial charge in [-0.05, 0) is 25.5 Å². The van der Waals surface area contributed by atoms with Crippen molar-refractivity contribution in [2.45, 2.75) is 19.9 Å². The number of rotatable bonds is 9. The molecule has 1 fully saturated rings. The normalized spacial score (nSPS) is 17.0. The van der Waals surface area contributed by atoms with Crippen LogP contribution in [0.25, 0.3) is 0 Å². The lowest BCUT2D eigenvalue weighted by Gasteiger charge is -2.22. The third-order valence-electron chi connectivity index (χ3n) is 4.35. The predicted octanol–water partition coefficient (Wildman–Crippen LogP) is 3.42. The molecule has 8 heteroatoms. The molecule has 1 heterocycles. The zero-order chi connectivity index (χ0) is 18.8. The Balaban J connectivity index is 0.00000364. The molecule has 0 amide bonds. The van der Waals surface area contributed by atoms with Crippen LogP contribution in [0.5, 0.6) is 5.75 Å². The van der Waals surface area contributed by atoms with Gasteiger partial charge in [-0.15, -0.1) is 24.0 Å². The molecular weight excluding hydrogens is 481 g/mol. The van der Waals surface area contributed by atoms with Crippen LogP contribution in [0.3, 0.4) is 0 Å². The topological polar surface area (TPSA) is 55.3 Å². The second kappa shape index (κ2) is 13.4. The molecule has 0 radical (unpaired) electrons. The van der Waals surface area contributed by atoms with Crippen molar-refractivity contribution in [3.8, 4) is 5.75 Å². The maximum absolute atomic E-state index is 6.03. The minimum absolute atomic E-state index is 0. The lowest BCUT2D eigenvalue weighted by molar-refractivity contribution is 0.0536. The van der Waals surface area contributed by atoms with Gasteiger partial charge in [0.1, 0.15) is 5.75 Å². The Morgan fingerprint density at radius 2 is 2.15 bits per heavy atom. The van der Waals surface area contributed by atoms with E-state index in [0.717, 1.165) is 49.9 Å². The highest BCUT2D eigenvalue weighted by Crippen LogP contribution is 2.24. The molecule has 0 aromatic heterocycles. The van der Waals surface area contributed by atoms with Crippen LogP contribution in [0.2, 0.25) is 5.02 Å². The molecule has 1 atom stereocenters. The number of likely N-dealkylation sites (tertiary alicyclic amines) is 1. The average Bonchev–Trinajstić information content (AvgIpc) is 3.11. The van der Waals surface area contributed by atoms with Crippen molar-refractivity contribution in [3.05, 3.63) is 28.8 Å². The van der Waals surface area contributed by atoms with Crippen molar-refractivity contribution in [3.63, 3.8) is 0 Å². The van der Waals surface area contributed by atoms with Crippen LogP contribution in [0, 0.1) is 5.92 Å². The lowest BCUT2D eigenvalue weighted by Crippen LogP contribution is -2.40. The number of hydrogen-bond acceptors (Lipinski definition) is 4. The Hall–Kier alpha value is -0.770. The molecule has 1 aromatic rings. The largest absolute Gasteiger partial charge is 0.496 e. The van der Waals surface area contributed by atoms with Crippen molar-refractivity contribution in [1.29, 1.82) is 0 Å². The van der Waals surface area contributed by atoms with Gasteiger partial charge < -0.3 is 24.4 Å². The van der Waals surface area contributed by atoms with E-state index in [1.54, 1.807) is 14.2 Å². The monoisotopic (exact) mass is 511 g/mol. The summed E-state index contributed by atoms with van der Waals surface area (Å²) < 4.78 is 16.1. The van der Waals surface area contributed by atoms with E-state index in [9.17, 15) is 0 Å². The van der Waals surface area contributed by atoms with Crippen molar-refractivity contribution in [1.82, 2.24) is 10.2 Å². The lowest BCUT2D eigenvalue weighted by atomic mass is 10.1. The molecule has 6 nitrogen and oxygen atoms in total. The molecule has 1 aliphatic heterocycles. The van der Waals surface area contributed by atoms with Crippen LogP contribution in [-0.2, 0) is 16.0 Å². The van der Waals surface area contributed by atoms with Gasteiger partial charge in [-0.25, -0.2) is 4.99 Å². The minimum Gasteiger partial charge on any atom is -0.496 e. The van der Waals surface area contributed by atoms with E-state index in [-0.39, 0.29) is 24.0 Å². The number of nitrogens with one attached hydrogen (secondary N) is 1. The molecule has 1 aromatic carbocycles. The fourth-order valence-electron chi connectivity index (χ4n) is 2.99. The first-order valence-corrected chi connectivity index (χ1v) is 9.48. The van der Waals surface area contributed by atoms with E-state index < -0.39 is 0 Å². The molecule has 1 saturated heterocycles. The maximum Gasteiger partial charge on any atom is 0.194 e. The summed E-state index contributed by atoms with van der Waals surface area (Å²) in [4.78, 5) is 7.10. The average molecular weight is 512 g/mol. The Bertz CT molecular complexity index is 589. The minimum atomic E-state index is 0. The standard InChI is InChI=1S/C19H30ClN3O3.HI/c1-4-21-19(22-12-16-5-6-17(20)11-18(16)25-3)23-8-7-15(13-23)14-26-10-9-24-2;/h5-6,11,15H,4,7-10,12-14H2,1-3H3,(H,21,22);1H. The summed E-state index contributed by atoms with van der Waals surface area (Å²) in [5.74, 6) is 2.23. The number of halogens is 2. The van der Waals surface area contributed by atoms with Gasteiger partial charge in [0.15, 0.2) is 5.96 Å². The van der Waals surface area contributed by atoms with E-state index in [4.69, 9.17) is 30.8 Å². The smallest absolute Gasteiger partial charge is 0.194 e. The van der Waals surface area contributed by atoms with Gasteiger partial charge in [-0.2, -0.15) is 0 Å². The molecule has 2 rings (SSSR count). The quantitative estimate of drug-likeness (QED) is 0.238. The van der Waals surface area contributed by atoms with E-state index >= 15 is 0 Å². The summed E-state index contributed by atoms with van der Waals surface area (Å²) in [6.07, 6.45) is 1.11. The van der Waals surface area contributed by atoms with Gasteiger partial charge in [0.25, 0.3) is 0 Å². The van der Waals surface area contributed by atoms with Crippen LogP contribution in [-0.4, -0.2) is 64.5 Å². The highest BCUT2D eigenvalue weighted by Gasteiger charge is 2.25. The molecule has 0 bridgehead atoms. The van der Waals surface area contributed by atoms with Gasteiger partial charge >= 0.3 is 0 Å². The van der Waals surface area contributed by atoms with Gasteiger partial charge in [0.05, 0.1) is 33.5 Å². The van der Waals surface area contributed by atoms with Crippen molar-refractivity contribution < 1.29 is 14.2 Å². The first kappa shape index (κ1) is 24.3. The van der Waals surface area contributed by atoms with Gasteiger partial charge in [-0.1, -0.05) is 17.7 Å². The van der Waals surface area contributed by atoms with E-state index in [1.165, 1.54) is 0 Å². The Morgan fingerprint density at radius 1 is 1.33 bits per heavy atom. The number of hydrogen-bond donors (Lipinski definition) is 1. The summed E-state index contributed by atoms with van der Waals surface area (Å²) in [6.45, 7) is 7.47. The van der Waals surface area contributed by atoms with Crippen LogP contribution in [0.15, 0.2) is 23.2 Å². The number of benzene rings is 1. The first-order valence-electron chi connectivity index (χ1n) is 9.10. The van der Waals surface area contributed by atoms with E-state index in [2.05, 4.69) is 17.1 Å². The zero-order valence-corrected chi connectivity index (χ0v) is 19.5. The molecule has 1 unspecified atom stereocenters. The molecule has 1 aliphatic rings. The number of nitrogens with zero attached hydrogens (tertiary/aromatic N) is 2. The Kier molecular flexibility index (Phi) is 12.1. The van der Waals surface area contributed by atoms with Gasteiger partial charge in [0.2, 0.25) is 0 Å². The number of aliphatic imine (C=N–C) groups is 1. The van der Waals surface area contributed by atoms with E-state index in [0.29, 0.717) is 30.7 Å². The van der Waals surface area contributed by atoms with Crippen LogP contribution < -0.4 is 10.1 Å². The zero-order valence-electron chi connectivity index (χ0n) is 16.4. The fourth-order valence-corrected chi connectivity index (χ4v) is 3.15. The summed E-state index contributed by atoms with van der Waals surface area (Å²) in [7, 11) is 3.34. The second-order valence-corrected chi connectivity index (χ2v) is 6.73. The predicted molar refractivity (Wildman–Crippen MR) is 121 cm³/mol. The number of ether oxygens (including phenoxy) is 3. The van der Waals surface area contributed by atoms with Crippen LogP contribution in [0.1, 0.15) is 18.9 Å². The van der Waals surface area contributed by atoms with Crippen LogP contribution in [0.4, 0.5) is 0 Å². The molecule has 0 spiro atoms. The summed E-state index contributed by atoms with van der Waals surface area (Å²) >= 11 is 6.03. The molecular formula is C19H31ClIN3O3. The second-order valence-electron chi connectivity index (χ2n) is 6.29. The molecule has 27 heavy (non-hydrogen) atoms. The number of guanidine groups is 1. The van der Waals surface area contributed by atoms with Crippen molar-refractivity contribution in [2.24, 2.45) is 10.9 Å². The summed E-state index contributed by atoms with van der Waals surface area (Å²) in [5.41, 5.74) is 1.02. The third-order valence-corrected chi connectivity index (χ3v) is 4.59. The Morgan fingerprint density at radius 3 is 2.85 bits per heavy atom. The van der Waals surface area contributed by atoms with Crippen LogP contribution >= 0.6 is 35.6 Å². The van der Waals surface area contributed by atoms with Crippen molar-refractivity contribution >= 4 is 41.5 Å². The fraction of sp³-hybridized carbons (Fsp3) is 0.632. The molecule has 0 saturated carbocycles. The molecule has 0 aliphatic carbocycles. The first-order chi connectivity index (χ1) is 12.7.